The Morgan fingerprint density at radius 1 is 1.46 bits per heavy atom. The Morgan fingerprint density at radius 3 is 2.38 bits per heavy atom. The van der Waals surface area contributed by atoms with E-state index in [4.69, 9.17) is 9.42 Å². The highest BCUT2D eigenvalue weighted by Crippen LogP contribution is 2.37. The van der Waals surface area contributed by atoms with Crippen LogP contribution in [0.1, 0.15) is 5.56 Å². The summed E-state index contributed by atoms with van der Waals surface area (Å²) in [6, 6.07) is 7.01. The van der Waals surface area contributed by atoms with Crippen LogP contribution in [0.4, 0.5) is 0 Å². The van der Waals surface area contributed by atoms with E-state index in [-0.39, 0.29) is 0 Å². The van der Waals surface area contributed by atoms with Crippen LogP contribution < -0.4 is 4.52 Å². The number of hydrogen-bond acceptors (Lipinski definition) is 2. The Balaban J connectivity index is 2.76. The molecule has 5 heteroatoms. The second kappa shape index (κ2) is 4.27. The molecule has 0 amide bonds. The fraction of sp³-hybridized carbons (Fsp3) is 0.250. The predicted octanol–water partition coefficient (Wildman–Crippen LogP) is 2.78. The van der Waals surface area contributed by atoms with Crippen molar-refractivity contribution in [2.75, 3.05) is 6.66 Å². The van der Waals surface area contributed by atoms with Gasteiger partial charge in [-0.3, -0.25) is 0 Å². The van der Waals surface area contributed by atoms with Gasteiger partial charge in [-0.25, -0.2) is 4.57 Å². The van der Waals surface area contributed by atoms with Crippen molar-refractivity contribution >= 4 is 23.5 Å². The Bertz CT molecular complexity index is 317. The van der Waals surface area contributed by atoms with E-state index in [1.54, 1.807) is 12.1 Å². The maximum atomic E-state index is 10.9. The van der Waals surface area contributed by atoms with E-state index >= 15 is 0 Å². The summed E-state index contributed by atoms with van der Waals surface area (Å²) in [5.41, 5.74) is 1.09. The summed E-state index contributed by atoms with van der Waals surface area (Å²) in [6.45, 7) is 1.16. The molecular formula is C8H10BrO3P. The molecule has 1 aromatic carbocycles. The van der Waals surface area contributed by atoms with Crippen molar-refractivity contribution in [1.82, 2.24) is 0 Å². The summed E-state index contributed by atoms with van der Waals surface area (Å²) in [6.07, 6.45) is 0. The molecule has 0 aliphatic rings. The zero-order chi connectivity index (χ0) is 9.90. The molecule has 3 nitrogen and oxygen atoms in total. The maximum Gasteiger partial charge on any atom is 0.373 e. The average Bonchev–Trinajstić information content (AvgIpc) is 2.03. The van der Waals surface area contributed by atoms with Gasteiger partial charge >= 0.3 is 7.60 Å². The molecular weight excluding hydrogens is 255 g/mol. The van der Waals surface area contributed by atoms with E-state index in [1.807, 2.05) is 12.1 Å². The van der Waals surface area contributed by atoms with E-state index in [0.29, 0.717) is 5.75 Å². The van der Waals surface area contributed by atoms with Gasteiger partial charge in [-0.15, -0.1) is 0 Å². The molecule has 0 radical (unpaired) electrons. The maximum absolute atomic E-state index is 10.9. The molecule has 0 heterocycles. The third kappa shape index (κ3) is 3.94. The Labute approximate surface area is 85.4 Å². The average molecular weight is 265 g/mol. The van der Waals surface area contributed by atoms with Crippen LogP contribution in [0.15, 0.2) is 24.3 Å². The summed E-state index contributed by atoms with van der Waals surface area (Å²) in [5.74, 6) is 0.415. The lowest BCUT2D eigenvalue weighted by molar-refractivity contribution is 0.387. The van der Waals surface area contributed by atoms with Gasteiger partial charge in [0.2, 0.25) is 0 Å². The molecule has 1 N–H and O–H groups in total. The van der Waals surface area contributed by atoms with Gasteiger partial charge < -0.3 is 9.42 Å². The van der Waals surface area contributed by atoms with Crippen LogP contribution >= 0.6 is 23.5 Å². The first-order valence-corrected chi connectivity index (χ1v) is 6.80. The van der Waals surface area contributed by atoms with E-state index in [2.05, 4.69) is 15.9 Å². The molecule has 72 valence electrons. The lowest BCUT2D eigenvalue weighted by Gasteiger charge is -2.08. The minimum absolute atomic E-state index is 0.415. The third-order valence-corrected chi connectivity index (χ3v) is 2.55. The standard InChI is InChI=1S/C8H10BrO3P/c1-13(10,11)12-8-4-2-7(6-9)3-5-8/h2-5H,6H2,1H3,(H,10,11). The van der Waals surface area contributed by atoms with E-state index in [9.17, 15) is 4.57 Å². The molecule has 0 aromatic heterocycles. The minimum Gasteiger partial charge on any atom is -0.425 e. The summed E-state index contributed by atoms with van der Waals surface area (Å²) in [5, 5.41) is 0.760. The summed E-state index contributed by atoms with van der Waals surface area (Å²) >= 11 is 3.30. The van der Waals surface area contributed by atoms with Crippen LogP contribution in [-0.2, 0) is 9.90 Å². The molecule has 0 saturated carbocycles. The summed E-state index contributed by atoms with van der Waals surface area (Å²) in [4.78, 5) is 8.92. The molecule has 0 spiro atoms. The monoisotopic (exact) mass is 264 g/mol. The highest BCUT2D eigenvalue weighted by molar-refractivity contribution is 9.08. The molecule has 0 fully saturated rings. The number of rotatable bonds is 3. The second-order valence-corrected chi connectivity index (χ2v) is 5.02. The number of halogens is 1. The van der Waals surface area contributed by atoms with Crippen molar-refractivity contribution in [1.29, 1.82) is 0 Å². The number of benzene rings is 1. The van der Waals surface area contributed by atoms with Gasteiger partial charge in [0.15, 0.2) is 0 Å². The van der Waals surface area contributed by atoms with Gasteiger partial charge in [0.1, 0.15) is 5.75 Å². The fourth-order valence-electron chi connectivity index (χ4n) is 0.835. The lowest BCUT2D eigenvalue weighted by Crippen LogP contribution is -1.89. The minimum atomic E-state index is -3.42. The second-order valence-electron chi connectivity index (χ2n) is 2.67. The SMILES string of the molecule is CP(=O)(O)Oc1ccc(CBr)cc1. The van der Waals surface area contributed by atoms with Crippen LogP contribution in [-0.4, -0.2) is 11.6 Å². The van der Waals surface area contributed by atoms with Crippen molar-refractivity contribution < 1.29 is 14.0 Å². The van der Waals surface area contributed by atoms with Crippen LogP contribution in [0.3, 0.4) is 0 Å². The van der Waals surface area contributed by atoms with E-state index < -0.39 is 7.60 Å². The van der Waals surface area contributed by atoms with Gasteiger partial charge in [0.05, 0.1) is 0 Å². The van der Waals surface area contributed by atoms with Crippen molar-refractivity contribution in [2.45, 2.75) is 5.33 Å². The Morgan fingerprint density at radius 2 is 2.00 bits per heavy atom. The topological polar surface area (TPSA) is 46.5 Å². The molecule has 0 aliphatic heterocycles. The molecule has 1 unspecified atom stereocenters. The van der Waals surface area contributed by atoms with Gasteiger partial charge in [-0.1, -0.05) is 28.1 Å². The molecule has 0 aliphatic carbocycles. The highest BCUT2D eigenvalue weighted by Gasteiger charge is 2.10. The predicted molar refractivity (Wildman–Crippen MR) is 55.5 cm³/mol. The first-order chi connectivity index (χ1) is 6.01. The molecule has 1 aromatic rings. The van der Waals surface area contributed by atoms with Crippen LogP contribution in [0.25, 0.3) is 0 Å². The first kappa shape index (κ1) is 10.8. The molecule has 0 saturated heterocycles. The van der Waals surface area contributed by atoms with E-state index in [0.717, 1.165) is 17.6 Å². The number of hydrogen-bond donors (Lipinski definition) is 1. The zero-order valence-corrected chi connectivity index (χ0v) is 9.59. The van der Waals surface area contributed by atoms with Gasteiger partial charge in [0.25, 0.3) is 0 Å². The fourth-order valence-corrected chi connectivity index (χ4v) is 1.72. The zero-order valence-electron chi connectivity index (χ0n) is 7.11. The first-order valence-electron chi connectivity index (χ1n) is 3.66. The van der Waals surface area contributed by atoms with Crippen molar-refractivity contribution in [3.63, 3.8) is 0 Å². The normalized spacial score (nSPS) is 15.0. The molecule has 1 atom stereocenters. The summed E-state index contributed by atoms with van der Waals surface area (Å²) < 4.78 is 15.7. The largest absolute Gasteiger partial charge is 0.425 e. The smallest absolute Gasteiger partial charge is 0.373 e. The van der Waals surface area contributed by atoms with Gasteiger partial charge in [0, 0.05) is 12.0 Å². The quantitative estimate of drug-likeness (QED) is 0.675. The third-order valence-electron chi connectivity index (χ3n) is 1.35. The van der Waals surface area contributed by atoms with E-state index in [1.165, 1.54) is 0 Å². The number of alkyl halides is 1. The molecule has 0 bridgehead atoms. The van der Waals surface area contributed by atoms with Gasteiger partial charge in [-0.2, -0.15) is 0 Å². The van der Waals surface area contributed by atoms with Crippen LogP contribution in [0.2, 0.25) is 0 Å². The van der Waals surface area contributed by atoms with Crippen LogP contribution in [0, 0.1) is 0 Å². The van der Waals surface area contributed by atoms with Crippen molar-refractivity contribution in [3.05, 3.63) is 29.8 Å². The Kier molecular flexibility index (Phi) is 3.54. The highest BCUT2D eigenvalue weighted by atomic mass is 79.9. The Hall–Kier alpha value is -0.310. The van der Waals surface area contributed by atoms with Crippen molar-refractivity contribution in [2.24, 2.45) is 0 Å². The van der Waals surface area contributed by atoms with Crippen LogP contribution in [0.5, 0.6) is 5.75 Å². The molecule has 1 rings (SSSR count). The molecule has 13 heavy (non-hydrogen) atoms. The van der Waals surface area contributed by atoms with Gasteiger partial charge in [-0.05, 0) is 17.7 Å². The van der Waals surface area contributed by atoms with Crippen molar-refractivity contribution in [3.8, 4) is 5.75 Å². The summed E-state index contributed by atoms with van der Waals surface area (Å²) in [7, 11) is -3.42. The lowest BCUT2D eigenvalue weighted by atomic mass is 10.2.